The van der Waals surface area contributed by atoms with E-state index >= 15 is 0 Å². The summed E-state index contributed by atoms with van der Waals surface area (Å²) in [6, 6.07) is -0.0606. The van der Waals surface area contributed by atoms with Crippen LogP contribution in [0.1, 0.15) is 19.3 Å². The van der Waals surface area contributed by atoms with Crippen molar-refractivity contribution in [2.45, 2.75) is 25.3 Å². The Morgan fingerprint density at radius 3 is 2.88 bits per heavy atom. The largest absolute Gasteiger partial charge is 0.341 e. The summed E-state index contributed by atoms with van der Waals surface area (Å²) in [6.45, 7) is 2.30. The molecule has 0 aromatic rings. The highest BCUT2D eigenvalue weighted by Gasteiger charge is 2.23. The molecule has 1 fully saturated rings. The van der Waals surface area contributed by atoms with Crippen LogP contribution in [0.4, 0.5) is 4.79 Å². The second-order valence-corrected chi connectivity index (χ2v) is 3.95. The SMILES string of the molecule is CNC(=O)NC(=O)CCN1CCCC1CN. The molecule has 0 saturated carbocycles. The van der Waals surface area contributed by atoms with Crippen LogP contribution in [0.25, 0.3) is 0 Å². The van der Waals surface area contributed by atoms with Gasteiger partial charge in [0, 0.05) is 32.6 Å². The Kier molecular flexibility index (Phi) is 5.21. The van der Waals surface area contributed by atoms with Crippen LogP contribution in [-0.2, 0) is 4.79 Å². The molecule has 4 N–H and O–H groups in total. The molecule has 0 spiro atoms. The van der Waals surface area contributed by atoms with Crippen molar-refractivity contribution in [1.29, 1.82) is 0 Å². The molecule has 0 aromatic carbocycles. The number of urea groups is 1. The van der Waals surface area contributed by atoms with Crippen molar-refractivity contribution in [3.63, 3.8) is 0 Å². The van der Waals surface area contributed by atoms with Crippen LogP contribution >= 0.6 is 0 Å². The van der Waals surface area contributed by atoms with Gasteiger partial charge in [-0.1, -0.05) is 0 Å². The highest BCUT2D eigenvalue weighted by atomic mass is 16.2. The third-order valence-electron chi connectivity index (χ3n) is 2.88. The minimum atomic E-state index is -0.457. The third-order valence-corrected chi connectivity index (χ3v) is 2.88. The average Bonchev–Trinajstić information content (AvgIpc) is 2.73. The molecule has 0 aromatic heterocycles. The molecule has 1 unspecified atom stereocenters. The second kappa shape index (κ2) is 6.44. The number of carbonyl (C=O) groups is 2. The van der Waals surface area contributed by atoms with Crippen LogP contribution in [-0.4, -0.2) is 49.6 Å². The van der Waals surface area contributed by atoms with Gasteiger partial charge in [0.15, 0.2) is 0 Å². The molecule has 92 valence electrons. The summed E-state index contributed by atoms with van der Waals surface area (Å²) in [5, 5.41) is 4.58. The first-order valence-corrected chi connectivity index (χ1v) is 5.63. The monoisotopic (exact) mass is 228 g/mol. The lowest BCUT2D eigenvalue weighted by atomic mass is 10.2. The highest BCUT2D eigenvalue weighted by molar-refractivity contribution is 5.94. The molecule has 0 aliphatic carbocycles. The number of likely N-dealkylation sites (tertiary alicyclic amines) is 1. The molecular weight excluding hydrogens is 208 g/mol. The molecule has 1 heterocycles. The number of amides is 3. The van der Waals surface area contributed by atoms with Crippen LogP contribution in [0.15, 0.2) is 0 Å². The summed E-state index contributed by atoms with van der Waals surface area (Å²) in [5.74, 6) is -0.248. The molecule has 1 aliphatic rings. The van der Waals surface area contributed by atoms with E-state index in [9.17, 15) is 9.59 Å². The fraction of sp³-hybridized carbons (Fsp3) is 0.800. The van der Waals surface area contributed by atoms with Crippen molar-refractivity contribution in [3.8, 4) is 0 Å². The van der Waals surface area contributed by atoms with E-state index in [1.165, 1.54) is 7.05 Å². The van der Waals surface area contributed by atoms with Crippen molar-refractivity contribution in [2.75, 3.05) is 26.7 Å². The Balaban J connectivity index is 2.23. The number of nitrogens with zero attached hydrogens (tertiary/aromatic N) is 1. The van der Waals surface area contributed by atoms with Crippen LogP contribution in [0.2, 0.25) is 0 Å². The van der Waals surface area contributed by atoms with Crippen molar-refractivity contribution in [3.05, 3.63) is 0 Å². The summed E-state index contributed by atoms with van der Waals surface area (Å²) in [6.07, 6.45) is 2.58. The maximum Gasteiger partial charge on any atom is 0.321 e. The average molecular weight is 228 g/mol. The Labute approximate surface area is 95.5 Å². The number of nitrogens with one attached hydrogen (secondary N) is 2. The lowest BCUT2D eigenvalue weighted by molar-refractivity contribution is -0.120. The van der Waals surface area contributed by atoms with Crippen LogP contribution in [0, 0.1) is 0 Å². The van der Waals surface area contributed by atoms with Gasteiger partial charge in [-0.2, -0.15) is 0 Å². The maximum absolute atomic E-state index is 11.3. The molecule has 16 heavy (non-hydrogen) atoms. The lowest BCUT2D eigenvalue weighted by Crippen LogP contribution is -2.41. The van der Waals surface area contributed by atoms with Crippen molar-refractivity contribution < 1.29 is 9.59 Å². The fourth-order valence-corrected chi connectivity index (χ4v) is 1.95. The summed E-state index contributed by atoms with van der Waals surface area (Å²) >= 11 is 0. The van der Waals surface area contributed by atoms with Crippen LogP contribution in [0.3, 0.4) is 0 Å². The van der Waals surface area contributed by atoms with Gasteiger partial charge in [-0.25, -0.2) is 4.79 Å². The Bertz CT molecular complexity index is 257. The van der Waals surface area contributed by atoms with Gasteiger partial charge in [0.1, 0.15) is 0 Å². The van der Waals surface area contributed by atoms with Gasteiger partial charge in [-0.3, -0.25) is 15.0 Å². The molecule has 6 heteroatoms. The second-order valence-electron chi connectivity index (χ2n) is 3.95. The predicted octanol–water partition coefficient (Wildman–Crippen LogP) is -0.745. The van der Waals surface area contributed by atoms with Gasteiger partial charge in [0.25, 0.3) is 0 Å². The van der Waals surface area contributed by atoms with Gasteiger partial charge in [-0.15, -0.1) is 0 Å². The standard InChI is InChI=1S/C10H20N4O2/c1-12-10(16)13-9(15)4-6-14-5-2-3-8(14)7-11/h8H,2-7,11H2,1H3,(H2,12,13,15,16). The quantitative estimate of drug-likeness (QED) is 0.591. The van der Waals surface area contributed by atoms with Gasteiger partial charge < -0.3 is 11.1 Å². The third kappa shape index (κ3) is 3.79. The van der Waals surface area contributed by atoms with E-state index in [0.717, 1.165) is 19.4 Å². The maximum atomic E-state index is 11.3. The van der Waals surface area contributed by atoms with Crippen LogP contribution < -0.4 is 16.4 Å². The first kappa shape index (κ1) is 12.9. The van der Waals surface area contributed by atoms with Crippen molar-refractivity contribution in [2.24, 2.45) is 5.73 Å². The molecule has 3 amide bonds. The van der Waals surface area contributed by atoms with E-state index in [1.54, 1.807) is 0 Å². The molecule has 1 atom stereocenters. The van der Waals surface area contributed by atoms with E-state index in [1.807, 2.05) is 0 Å². The molecule has 6 nitrogen and oxygen atoms in total. The Morgan fingerprint density at radius 1 is 1.50 bits per heavy atom. The van der Waals surface area contributed by atoms with Crippen molar-refractivity contribution in [1.82, 2.24) is 15.5 Å². The number of rotatable bonds is 4. The van der Waals surface area contributed by atoms with Gasteiger partial charge in [0.2, 0.25) is 5.91 Å². The zero-order valence-electron chi connectivity index (χ0n) is 9.66. The van der Waals surface area contributed by atoms with E-state index in [-0.39, 0.29) is 5.91 Å². The molecule has 1 rings (SSSR count). The summed E-state index contributed by atoms with van der Waals surface area (Å²) in [5.41, 5.74) is 5.63. The normalized spacial score (nSPS) is 20.8. The first-order valence-electron chi connectivity index (χ1n) is 5.63. The zero-order chi connectivity index (χ0) is 12.0. The first-order chi connectivity index (χ1) is 7.67. The van der Waals surface area contributed by atoms with Gasteiger partial charge in [0.05, 0.1) is 0 Å². The smallest absolute Gasteiger partial charge is 0.321 e. The summed E-state index contributed by atoms with van der Waals surface area (Å²) in [7, 11) is 1.48. The molecule has 0 bridgehead atoms. The minimum Gasteiger partial charge on any atom is -0.341 e. The highest BCUT2D eigenvalue weighted by Crippen LogP contribution is 2.15. The number of hydrogen-bond acceptors (Lipinski definition) is 4. The number of imide groups is 1. The minimum absolute atomic E-state index is 0.248. The van der Waals surface area contributed by atoms with E-state index in [0.29, 0.717) is 25.6 Å². The summed E-state index contributed by atoms with van der Waals surface area (Å²) < 4.78 is 0. The molecular formula is C10H20N4O2. The van der Waals surface area contributed by atoms with E-state index in [4.69, 9.17) is 5.73 Å². The van der Waals surface area contributed by atoms with Crippen molar-refractivity contribution >= 4 is 11.9 Å². The number of nitrogens with two attached hydrogens (primary N) is 1. The predicted molar refractivity (Wildman–Crippen MR) is 60.9 cm³/mol. The Morgan fingerprint density at radius 2 is 2.25 bits per heavy atom. The molecule has 1 saturated heterocycles. The Hall–Kier alpha value is -1.14. The number of carbonyl (C=O) groups excluding carboxylic acids is 2. The lowest BCUT2D eigenvalue weighted by Gasteiger charge is -2.22. The van der Waals surface area contributed by atoms with E-state index < -0.39 is 6.03 Å². The van der Waals surface area contributed by atoms with Crippen LogP contribution in [0.5, 0.6) is 0 Å². The number of hydrogen-bond donors (Lipinski definition) is 3. The molecule has 0 radical (unpaired) electrons. The zero-order valence-corrected chi connectivity index (χ0v) is 9.66. The fourth-order valence-electron chi connectivity index (χ4n) is 1.95. The topological polar surface area (TPSA) is 87.5 Å². The molecule has 1 aliphatic heterocycles. The van der Waals surface area contributed by atoms with E-state index in [2.05, 4.69) is 15.5 Å². The summed E-state index contributed by atoms with van der Waals surface area (Å²) in [4.78, 5) is 24.4. The van der Waals surface area contributed by atoms with Gasteiger partial charge in [-0.05, 0) is 19.4 Å². The van der Waals surface area contributed by atoms with Gasteiger partial charge >= 0.3 is 6.03 Å².